The second-order valence-electron chi connectivity index (χ2n) is 5.30. The zero-order valence-electron chi connectivity index (χ0n) is 12.9. The molecular formula is C16H27N3O2. The van der Waals surface area contributed by atoms with E-state index in [1.807, 2.05) is 12.1 Å². The third kappa shape index (κ3) is 5.89. The average molecular weight is 293 g/mol. The summed E-state index contributed by atoms with van der Waals surface area (Å²) in [5.41, 5.74) is 0. The van der Waals surface area contributed by atoms with Crippen LogP contribution >= 0.6 is 0 Å². The molecule has 5 nitrogen and oxygen atoms in total. The Balaban J connectivity index is 1.63. The second kappa shape index (κ2) is 9.58. The fourth-order valence-electron chi connectivity index (χ4n) is 2.34. The predicted molar refractivity (Wildman–Crippen MR) is 85.0 cm³/mol. The van der Waals surface area contributed by atoms with Crippen molar-refractivity contribution in [1.29, 1.82) is 0 Å². The Bertz CT molecular complexity index is 395. The van der Waals surface area contributed by atoms with Crippen LogP contribution in [0.4, 0.5) is 5.82 Å². The van der Waals surface area contributed by atoms with E-state index in [1.54, 1.807) is 6.20 Å². The first kappa shape index (κ1) is 16.0. The van der Waals surface area contributed by atoms with Gasteiger partial charge in [-0.05, 0) is 50.9 Å². The number of aromatic nitrogens is 1. The normalized spacial score (nSPS) is 15.9. The van der Waals surface area contributed by atoms with Gasteiger partial charge >= 0.3 is 0 Å². The molecule has 0 bridgehead atoms. The Morgan fingerprint density at radius 2 is 2.19 bits per heavy atom. The van der Waals surface area contributed by atoms with Crippen LogP contribution in [-0.2, 0) is 4.74 Å². The maximum Gasteiger partial charge on any atom is 0.168 e. The monoisotopic (exact) mass is 293 g/mol. The lowest BCUT2D eigenvalue weighted by Gasteiger charge is -2.23. The van der Waals surface area contributed by atoms with Gasteiger partial charge in [-0.25, -0.2) is 4.98 Å². The van der Waals surface area contributed by atoms with Crippen molar-refractivity contribution in [1.82, 2.24) is 10.3 Å². The molecule has 0 saturated carbocycles. The number of nitrogens with zero attached hydrogens (tertiary/aromatic N) is 1. The van der Waals surface area contributed by atoms with Gasteiger partial charge in [-0.3, -0.25) is 0 Å². The molecule has 2 heterocycles. The smallest absolute Gasteiger partial charge is 0.168 e. The molecule has 0 aliphatic carbocycles. The topological polar surface area (TPSA) is 55.4 Å². The lowest BCUT2D eigenvalue weighted by Crippen LogP contribution is -2.32. The van der Waals surface area contributed by atoms with E-state index in [4.69, 9.17) is 9.47 Å². The highest BCUT2D eigenvalue weighted by Gasteiger charge is 2.12. The molecule has 118 valence electrons. The summed E-state index contributed by atoms with van der Waals surface area (Å²) in [5, 5.41) is 6.68. The largest absolute Gasteiger partial charge is 0.490 e. The van der Waals surface area contributed by atoms with Crippen molar-refractivity contribution in [3.63, 3.8) is 0 Å². The molecule has 1 aliphatic rings. The maximum atomic E-state index is 5.88. The Labute approximate surface area is 127 Å². The van der Waals surface area contributed by atoms with E-state index in [9.17, 15) is 0 Å². The van der Waals surface area contributed by atoms with Crippen LogP contribution in [0, 0.1) is 0 Å². The van der Waals surface area contributed by atoms with E-state index in [1.165, 1.54) is 0 Å². The van der Waals surface area contributed by atoms with Crippen LogP contribution < -0.4 is 15.4 Å². The maximum absolute atomic E-state index is 5.88. The van der Waals surface area contributed by atoms with Crippen LogP contribution in [0.1, 0.15) is 32.6 Å². The van der Waals surface area contributed by atoms with Gasteiger partial charge in [-0.1, -0.05) is 6.92 Å². The zero-order valence-corrected chi connectivity index (χ0v) is 12.9. The summed E-state index contributed by atoms with van der Waals surface area (Å²) in [6.07, 6.45) is 6.45. The molecular weight excluding hydrogens is 266 g/mol. The highest BCUT2D eigenvalue weighted by molar-refractivity contribution is 5.49. The molecule has 1 aliphatic heterocycles. The van der Waals surface area contributed by atoms with E-state index in [0.29, 0.717) is 6.10 Å². The number of rotatable bonds is 9. The average Bonchev–Trinajstić information content (AvgIpc) is 2.54. The van der Waals surface area contributed by atoms with Gasteiger partial charge in [0.25, 0.3) is 0 Å². The fraction of sp³-hybridized carbons (Fsp3) is 0.688. The van der Waals surface area contributed by atoms with Crippen LogP contribution in [0.5, 0.6) is 5.75 Å². The number of hydrogen-bond donors (Lipinski definition) is 2. The van der Waals surface area contributed by atoms with Crippen molar-refractivity contribution >= 4 is 5.82 Å². The Kier molecular flexibility index (Phi) is 7.32. The van der Waals surface area contributed by atoms with Crippen molar-refractivity contribution in [2.24, 2.45) is 0 Å². The number of piperidine rings is 1. The quantitative estimate of drug-likeness (QED) is 0.685. The van der Waals surface area contributed by atoms with Crippen LogP contribution in [0.2, 0.25) is 0 Å². The molecule has 5 heteroatoms. The molecule has 21 heavy (non-hydrogen) atoms. The molecule has 0 radical (unpaired) electrons. The molecule has 0 aromatic carbocycles. The fourth-order valence-corrected chi connectivity index (χ4v) is 2.34. The molecule has 0 spiro atoms. The molecule has 0 amide bonds. The van der Waals surface area contributed by atoms with Gasteiger partial charge in [0.1, 0.15) is 0 Å². The first-order chi connectivity index (χ1) is 10.4. The van der Waals surface area contributed by atoms with Crippen LogP contribution in [-0.4, -0.2) is 43.9 Å². The number of pyridine rings is 1. The Hall–Kier alpha value is -1.33. The third-order valence-electron chi connectivity index (χ3n) is 3.49. The molecule has 2 rings (SSSR count). The minimum atomic E-state index is 0.435. The van der Waals surface area contributed by atoms with Gasteiger partial charge in [-0.15, -0.1) is 0 Å². The van der Waals surface area contributed by atoms with Crippen molar-refractivity contribution in [2.45, 2.75) is 38.7 Å². The van der Waals surface area contributed by atoms with Gasteiger partial charge < -0.3 is 20.1 Å². The summed E-state index contributed by atoms with van der Waals surface area (Å²) >= 11 is 0. The van der Waals surface area contributed by atoms with E-state index in [-0.39, 0.29) is 0 Å². The minimum absolute atomic E-state index is 0.435. The molecule has 1 fully saturated rings. The molecule has 0 unspecified atom stereocenters. The van der Waals surface area contributed by atoms with Gasteiger partial charge in [0.15, 0.2) is 11.6 Å². The molecule has 1 aromatic rings. The van der Waals surface area contributed by atoms with E-state index < -0.39 is 0 Å². The lowest BCUT2D eigenvalue weighted by molar-refractivity contribution is 0.0329. The Morgan fingerprint density at radius 1 is 1.33 bits per heavy atom. The number of ether oxygens (including phenoxy) is 2. The molecule has 1 saturated heterocycles. The summed E-state index contributed by atoms with van der Waals surface area (Å²) in [5.74, 6) is 1.66. The number of anilines is 1. The Morgan fingerprint density at radius 3 is 3.00 bits per heavy atom. The summed E-state index contributed by atoms with van der Waals surface area (Å²) < 4.78 is 11.6. The zero-order chi connectivity index (χ0) is 14.8. The lowest BCUT2D eigenvalue weighted by atomic mass is 10.1. The van der Waals surface area contributed by atoms with Crippen molar-refractivity contribution in [2.75, 3.05) is 38.2 Å². The van der Waals surface area contributed by atoms with Crippen molar-refractivity contribution in [3.05, 3.63) is 18.3 Å². The van der Waals surface area contributed by atoms with Crippen LogP contribution in [0.15, 0.2) is 18.3 Å². The second-order valence-corrected chi connectivity index (χ2v) is 5.30. The molecule has 2 N–H and O–H groups in total. The first-order valence-corrected chi connectivity index (χ1v) is 8.04. The van der Waals surface area contributed by atoms with Gasteiger partial charge in [0.05, 0.1) is 12.7 Å². The summed E-state index contributed by atoms with van der Waals surface area (Å²) in [4.78, 5) is 4.33. The summed E-state index contributed by atoms with van der Waals surface area (Å²) in [7, 11) is 0. The SMILES string of the molecule is CCCOc1cccnc1NCCCOC1CCNCC1. The first-order valence-electron chi connectivity index (χ1n) is 8.04. The standard InChI is InChI=1S/C16H27N3O2/c1-2-12-21-15-5-3-8-18-16(15)19-9-4-13-20-14-6-10-17-11-7-14/h3,5,8,14,17H,2,4,6-7,9-13H2,1H3,(H,18,19). The number of hydrogen-bond acceptors (Lipinski definition) is 5. The predicted octanol–water partition coefficient (Wildman–Crippen LogP) is 2.44. The molecule has 1 aromatic heterocycles. The minimum Gasteiger partial charge on any atom is -0.490 e. The van der Waals surface area contributed by atoms with Crippen LogP contribution in [0.3, 0.4) is 0 Å². The molecule has 0 atom stereocenters. The van der Waals surface area contributed by atoms with E-state index >= 15 is 0 Å². The summed E-state index contributed by atoms with van der Waals surface area (Å²) in [6, 6.07) is 3.85. The van der Waals surface area contributed by atoms with Gasteiger partial charge in [0, 0.05) is 19.3 Å². The van der Waals surface area contributed by atoms with Gasteiger partial charge in [-0.2, -0.15) is 0 Å². The van der Waals surface area contributed by atoms with Gasteiger partial charge in [0.2, 0.25) is 0 Å². The van der Waals surface area contributed by atoms with E-state index in [2.05, 4.69) is 22.5 Å². The summed E-state index contributed by atoms with van der Waals surface area (Å²) in [6.45, 7) is 6.63. The highest BCUT2D eigenvalue weighted by Crippen LogP contribution is 2.20. The highest BCUT2D eigenvalue weighted by atomic mass is 16.5. The van der Waals surface area contributed by atoms with E-state index in [0.717, 1.165) is 70.1 Å². The van der Waals surface area contributed by atoms with Crippen molar-refractivity contribution in [3.8, 4) is 5.75 Å². The van der Waals surface area contributed by atoms with Crippen molar-refractivity contribution < 1.29 is 9.47 Å². The third-order valence-corrected chi connectivity index (χ3v) is 3.49. The number of nitrogens with one attached hydrogen (secondary N) is 2. The van der Waals surface area contributed by atoms with Crippen LogP contribution in [0.25, 0.3) is 0 Å².